The molecule has 0 aliphatic carbocycles. The Kier molecular flexibility index (Phi) is 15.3. The summed E-state index contributed by atoms with van der Waals surface area (Å²) < 4.78 is 0. The van der Waals surface area contributed by atoms with Crippen molar-refractivity contribution in [2.75, 3.05) is 13.1 Å². The van der Waals surface area contributed by atoms with E-state index in [1.807, 2.05) is 13.8 Å². The molecule has 32 heavy (non-hydrogen) atoms. The molecule has 0 aromatic carbocycles. The maximum Gasteiger partial charge on any atom is 0.330 e. The molecule has 0 radical (unpaired) electrons. The number of hydrogen-bond acceptors (Lipinski definition) is 5. The molecule has 0 aromatic rings. The van der Waals surface area contributed by atoms with Crippen LogP contribution >= 0.6 is 0 Å². The van der Waals surface area contributed by atoms with Crippen molar-refractivity contribution in [2.24, 2.45) is 10.6 Å². The SMILES string of the molecule is CCCCCCCNC(=O)NC(=O)NC(=O)NCCCCCC(C)(C)CC(C)(CC)N=O. The Balaban J connectivity index is 3.87. The van der Waals surface area contributed by atoms with Crippen LogP contribution in [0.3, 0.4) is 0 Å². The van der Waals surface area contributed by atoms with Gasteiger partial charge < -0.3 is 10.6 Å². The van der Waals surface area contributed by atoms with Crippen LogP contribution < -0.4 is 21.3 Å². The zero-order valence-corrected chi connectivity index (χ0v) is 20.8. The molecule has 0 rings (SSSR count). The molecule has 0 heterocycles. The average molecular weight is 456 g/mol. The zero-order chi connectivity index (χ0) is 24.5. The lowest BCUT2D eigenvalue weighted by Gasteiger charge is -2.32. The highest BCUT2D eigenvalue weighted by molar-refractivity contribution is 6.01. The predicted octanol–water partition coefficient (Wildman–Crippen LogP) is 5.59. The van der Waals surface area contributed by atoms with Crippen LogP contribution in [0.15, 0.2) is 5.18 Å². The summed E-state index contributed by atoms with van der Waals surface area (Å²) in [6.45, 7) is 11.3. The number of carbonyl (C=O) groups is 3. The Morgan fingerprint density at radius 1 is 0.719 bits per heavy atom. The van der Waals surface area contributed by atoms with Crippen molar-refractivity contribution in [1.29, 1.82) is 0 Å². The summed E-state index contributed by atoms with van der Waals surface area (Å²) >= 11 is 0. The second-order valence-corrected chi connectivity index (χ2v) is 9.60. The summed E-state index contributed by atoms with van der Waals surface area (Å²) in [6.07, 6.45) is 10.5. The van der Waals surface area contributed by atoms with Crippen LogP contribution in [0.4, 0.5) is 14.4 Å². The smallest absolute Gasteiger partial charge is 0.330 e. The van der Waals surface area contributed by atoms with Crippen molar-refractivity contribution in [3.63, 3.8) is 0 Å². The number of nitrogens with zero attached hydrogens (tertiary/aromatic N) is 1. The largest absolute Gasteiger partial charge is 0.338 e. The number of nitrogens with one attached hydrogen (secondary N) is 4. The first-order valence-electron chi connectivity index (χ1n) is 12.1. The van der Waals surface area contributed by atoms with Gasteiger partial charge >= 0.3 is 18.1 Å². The molecule has 186 valence electrons. The summed E-state index contributed by atoms with van der Waals surface area (Å²) in [5.41, 5.74) is -0.493. The lowest BCUT2D eigenvalue weighted by molar-refractivity contribution is 0.217. The van der Waals surface area contributed by atoms with Gasteiger partial charge in [-0.1, -0.05) is 71.4 Å². The topological polar surface area (TPSA) is 129 Å². The first-order valence-corrected chi connectivity index (χ1v) is 12.1. The van der Waals surface area contributed by atoms with E-state index in [9.17, 15) is 19.3 Å². The summed E-state index contributed by atoms with van der Waals surface area (Å²) in [5, 5.41) is 12.7. The minimum Gasteiger partial charge on any atom is -0.338 e. The van der Waals surface area contributed by atoms with Gasteiger partial charge in [0.05, 0.1) is 0 Å². The Morgan fingerprint density at radius 2 is 1.22 bits per heavy atom. The van der Waals surface area contributed by atoms with E-state index in [1.165, 1.54) is 6.42 Å². The molecule has 9 nitrogen and oxygen atoms in total. The van der Waals surface area contributed by atoms with E-state index in [1.54, 1.807) is 0 Å². The van der Waals surface area contributed by atoms with Gasteiger partial charge in [0.15, 0.2) is 0 Å². The fourth-order valence-corrected chi connectivity index (χ4v) is 3.70. The van der Waals surface area contributed by atoms with Crippen molar-refractivity contribution in [3.8, 4) is 0 Å². The lowest BCUT2D eigenvalue weighted by Crippen LogP contribution is -2.49. The highest BCUT2D eigenvalue weighted by Crippen LogP contribution is 2.36. The number of rotatable bonds is 16. The van der Waals surface area contributed by atoms with Gasteiger partial charge in [0, 0.05) is 13.1 Å². The van der Waals surface area contributed by atoms with Crippen LogP contribution in [0.25, 0.3) is 0 Å². The second kappa shape index (κ2) is 16.4. The predicted molar refractivity (Wildman–Crippen MR) is 129 cm³/mol. The molecule has 0 aliphatic heterocycles. The molecular formula is C23H45N5O4. The lowest BCUT2D eigenvalue weighted by atomic mass is 9.75. The third-order valence-electron chi connectivity index (χ3n) is 5.68. The van der Waals surface area contributed by atoms with Gasteiger partial charge in [-0.25, -0.2) is 14.4 Å². The highest BCUT2D eigenvalue weighted by atomic mass is 16.3. The highest BCUT2D eigenvalue weighted by Gasteiger charge is 2.31. The molecule has 0 spiro atoms. The Hall–Kier alpha value is -2.19. The molecule has 0 bridgehead atoms. The van der Waals surface area contributed by atoms with Gasteiger partial charge in [-0.3, -0.25) is 10.6 Å². The van der Waals surface area contributed by atoms with E-state index in [0.717, 1.165) is 64.2 Å². The number of urea groups is 3. The van der Waals surface area contributed by atoms with Crippen molar-refractivity contribution < 1.29 is 14.4 Å². The summed E-state index contributed by atoms with van der Waals surface area (Å²) in [7, 11) is 0. The van der Waals surface area contributed by atoms with Gasteiger partial charge in [0.25, 0.3) is 0 Å². The molecular weight excluding hydrogens is 410 g/mol. The minimum absolute atomic E-state index is 0.0254. The minimum atomic E-state index is -0.851. The normalized spacial score (nSPS) is 13.0. The Bertz CT molecular complexity index is 583. The standard InChI is InChI=1S/C23H45N5O4/c1-6-8-9-10-13-16-24-19(29)26-21(31)27-20(30)25-17-14-11-12-15-22(3,4)18-23(5,7-2)28-32/h6-18H2,1-5H3,(H4,24,25,26,27,29,30,31). The fourth-order valence-electron chi connectivity index (χ4n) is 3.70. The maximum absolute atomic E-state index is 11.8. The van der Waals surface area contributed by atoms with Crippen LogP contribution in [0.1, 0.15) is 105 Å². The quantitative estimate of drug-likeness (QED) is 0.179. The third-order valence-corrected chi connectivity index (χ3v) is 5.68. The molecule has 0 saturated carbocycles. The molecule has 4 N–H and O–H groups in total. The van der Waals surface area contributed by atoms with Crippen LogP contribution in [0, 0.1) is 10.3 Å². The van der Waals surface area contributed by atoms with Gasteiger partial charge in [-0.15, -0.1) is 0 Å². The number of unbranched alkanes of at least 4 members (excludes halogenated alkanes) is 6. The first-order chi connectivity index (χ1) is 15.1. The molecule has 0 aliphatic rings. The third kappa shape index (κ3) is 15.6. The van der Waals surface area contributed by atoms with Crippen molar-refractivity contribution in [1.82, 2.24) is 21.3 Å². The zero-order valence-electron chi connectivity index (χ0n) is 20.8. The molecule has 1 unspecified atom stereocenters. The molecule has 6 amide bonds. The number of hydrogen-bond donors (Lipinski definition) is 4. The van der Waals surface area contributed by atoms with Crippen LogP contribution in [0.2, 0.25) is 0 Å². The van der Waals surface area contributed by atoms with E-state index in [0.29, 0.717) is 13.1 Å². The van der Waals surface area contributed by atoms with E-state index in [2.05, 4.69) is 47.2 Å². The fraction of sp³-hybridized carbons (Fsp3) is 0.870. The van der Waals surface area contributed by atoms with Gasteiger partial charge in [-0.2, -0.15) is 4.91 Å². The van der Waals surface area contributed by atoms with E-state index in [-0.39, 0.29) is 5.41 Å². The number of amides is 6. The van der Waals surface area contributed by atoms with Crippen LogP contribution in [0.5, 0.6) is 0 Å². The number of nitroso groups, excluding NO2 is 1. The molecule has 1 atom stereocenters. The number of imide groups is 2. The van der Waals surface area contributed by atoms with Crippen molar-refractivity contribution >= 4 is 18.1 Å². The second-order valence-electron chi connectivity index (χ2n) is 9.60. The maximum atomic E-state index is 11.8. The first kappa shape index (κ1) is 29.8. The van der Waals surface area contributed by atoms with Crippen molar-refractivity contribution in [3.05, 3.63) is 4.91 Å². The molecule has 0 fully saturated rings. The van der Waals surface area contributed by atoms with Crippen molar-refractivity contribution in [2.45, 2.75) is 111 Å². The van der Waals surface area contributed by atoms with Crippen LogP contribution in [-0.2, 0) is 0 Å². The molecule has 9 heteroatoms. The van der Waals surface area contributed by atoms with E-state index < -0.39 is 23.6 Å². The molecule has 0 saturated heterocycles. The van der Waals surface area contributed by atoms with E-state index in [4.69, 9.17) is 0 Å². The summed E-state index contributed by atoms with van der Waals surface area (Å²) in [4.78, 5) is 46.1. The van der Waals surface area contributed by atoms with Gasteiger partial charge in [-0.05, 0) is 44.4 Å². The van der Waals surface area contributed by atoms with Crippen LogP contribution in [-0.4, -0.2) is 36.7 Å². The average Bonchev–Trinajstić information content (AvgIpc) is 2.72. The molecule has 0 aromatic heterocycles. The number of carbonyl (C=O) groups excluding carboxylic acids is 3. The summed E-state index contributed by atoms with van der Waals surface area (Å²) in [5.74, 6) is 0. The monoisotopic (exact) mass is 455 g/mol. The van der Waals surface area contributed by atoms with E-state index >= 15 is 0 Å². The Labute approximate surface area is 193 Å². The van der Waals surface area contributed by atoms with Gasteiger partial charge in [0.2, 0.25) is 0 Å². The summed E-state index contributed by atoms with van der Waals surface area (Å²) in [6, 6.07) is -2.10. The van der Waals surface area contributed by atoms with Gasteiger partial charge in [0.1, 0.15) is 5.54 Å². The Morgan fingerprint density at radius 3 is 1.69 bits per heavy atom.